The molecule has 2 aromatic heterocycles. The third kappa shape index (κ3) is 1.06. The lowest BCUT2D eigenvalue weighted by molar-refractivity contribution is 0.669. The van der Waals surface area contributed by atoms with E-state index < -0.39 is 0 Å². The minimum Gasteiger partial charge on any atom is -0.286 e. The molecule has 3 nitrogen and oxygen atoms in total. The summed E-state index contributed by atoms with van der Waals surface area (Å²) in [5.41, 5.74) is 0.695. The van der Waals surface area contributed by atoms with Gasteiger partial charge >= 0.3 is 0 Å². The Morgan fingerprint density at radius 2 is 2.43 bits per heavy atom. The van der Waals surface area contributed by atoms with Crippen molar-refractivity contribution < 1.29 is 0 Å². The van der Waals surface area contributed by atoms with Crippen molar-refractivity contribution in [2.24, 2.45) is 0 Å². The Balaban J connectivity index is 2.52. The number of thioether (sulfide) groups is 1. The molecule has 0 amide bonds. The summed E-state index contributed by atoms with van der Waals surface area (Å²) in [6, 6.07) is 0. The lowest BCUT2D eigenvalue weighted by atomic mass is 10.4. The highest BCUT2D eigenvalue weighted by molar-refractivity contribution is 7.99. The summed E-state index contributed by atoms with van der Waals surface area (Å²) in [4.78, 5) is 16.3. The lowest BCUT2D eigenvalue weighted by Crippen LogP contribution is -2.19. The summed E-state index contributed by atoms with van der Waals surface area (Å²) in [5.74, 6) is 0.926. The molecule has 0 radical (unpaired) electrons. The zero-order valence-electron chi connectivity index (χ0n) is 6.99. The Morgan fingerprint density at radius 1 is 1.57 bits per heavy atom. The number of fused-ring (bicyclic) bond motifs is 2. The monoisotopic (exact) mass is 244 g/mol. The number of halogens is 1. The second-order valence-electron chi connectivity index (χ2n) is 2.97. The average Bonchev–Trinajstić information content (AvgIpc) is 2.75. The van der Waals surface area contributed by atoms with E-state index in [0.29, 0.717) is 15.2 Å². The zero-order chi connectivity index (χ0) is 9.71. The Hall–Kier alpha value is -0.520. The number of nitrogens with zero attached hydrogens (tertiary/aromatic N) is 2. The van der Waals surface area contributed by atoms with E-state index in [2.05, 4.69) is 4.98 Å². The fraction of sp³-hybridized carbons (Fsp3) is 0.250. The van der Waals surface area contributed by atoms with Gasteiger partial charge in [-0.05, 0) is 0 Å². The van der Waals surface area contributed by atoms with Crippen molar-refractivity contribution in [3.63, 3.8) is 0 Å². The van der Waals surface area contributed by atoms with Gasteiger partial charge in [0.1, 0.15) is 9.85 Å². The van der Waals surface area contributed by atoms with Crippen LogP contribution in [0.2, 0.25) is 4.34 Å². The standard InChI is InChI=1S/C8H5ClN2OS2/c9-6-5-4(3-14-6)7(12)11-1-2-13-8(11)10-5/h3H,1-2H2. The van der Waals surface area contributed by atoms with E-state index in [1.165, 1.54) is 11.3 Å². The normalized spacial score (nSPS) is 14.9. The van der Waals surface area contributed by atoms with Gasteiger partial charge in [0.25, 0.3) is 5.56 Å². The largest absolute Gasteiger partial charge is 0.286 e. The number of aromatic nitrogens is 2. The Morgan fingerprint density at radius 3 is 3.29 bits per heavy atom. The van der Waals surface area contributed by atoms with Gasteiger partial charge in [0, 0.05) is 17.7 Å². The molecule has 14 heavy (non-hydrogen) atoms. The Bertz CT molecular complexity index is 574. The maximum atomic E-state index is 11.9. The molecular weight excluding hydrogens is 240 g/mol. The lowest BCUT2D eigenvalue weighted by Gasteiger charge is -2.00. The summed E-state index contributed by atoms with van der Waals surface area (Å²) in [7, 11) is 0. The summed E-state index contributed by atoms with van der Waals surface area (Å²) in [6.07, 6.45) is 0. The van der Waals surface area contributed by atoms with E-state index in [1.54, 1.807) is 21.7 Å². The van der Waals surface area contributed by atoms with Gasteiger partial charge in [0.15, 0.2) is 5.16 Å². The van der Waals surface area contributed by atoms with Crippen LogP contribution in [0, 0.1) is 0 Å². The molecule has 0 unspecified atom stereocenters. The first-order valence-electron chi connectivity index (χ1n) is 4.08. The molecule has 1 aliphatic heterocycles. The van der Waals surface area contributed by atoms with Gasteiger partial charge < -0.3 is 0 Å². The van der Waals surface area contributed by atoms with E-state index >= 15 is 0 Å². The highest BCUT2D eigenvalue weighted by Gasteiger charge is 2.18. The number of hydrogen-bond acceptors (Lipinski definition) is 4. The van der Waals surface area contributed by atoms with Crippen molar-refractivity contribution in [2.75, 3.05) is 5.75 Å². The molecule has 0 atom stereocenters. The van der Waals surface area contributed by atoms with Crippen LogP contribution in [0.4, 0.5) is 0 Å². The van der Waals surface area contributed by atoms with E-state index in [9.17, 15) is 4.79 Å². The predicted octanol–water partition coefficient (Wildman–Crippen LogP) is 2.22. The molecule has 0 saturated carbocycles. The van der Waals surface area contributed by atoms with Crippen LogP contribution in [0.15, 0.2) is 15.3 Å². The first kappa shape index (κ1) is 8.76. The van der Waals surface area contributed by atoms with E-state index in [0.717, 1.165) is 17.5 Å². The van der Waals surface area contributed by atoms with Crippen molar-refractivity contribution in [2.45, 2.75) is 11.7 Å². The number of rotatable bonds is 0. The van der Waals surface area contributed by atoms with Gasteiger partial charge in [-0.25, -0.2) is 4.98 Å². The van der Waals surface area contributed by atoms with E-state index in [4.69, 9.17) is 11.6 Å². The van der Waals surface area contributed by atoms with E-state index in [1.807, 2.05) is 0 Å². The molecular formula is C8H5ClN2OS2. The fourth-order valence-electron chi connectivity index (χ4n) is 1.51. The van der Waals surface area contributed by atoms with Crippen LogP contribution in [0.5, 0.6) is 0 Å². The second-order valence-corrected chi connectivity index (χ2v) is 5.52. The minimum absolute atomic E-state index is 0.0400. The molecule has 1 aliphatic rings. The van der Waals surface area contributed by atoms with Crippen LogP contribution in [-0.4, -0.2) is 15.3 Å². The van der Waals surface area contributed by atoms with Crippen LogP contribution in [0.25, 0.3) is 10.9 Å². The van der Waals surface area contributed by atoms with Crippen molar-refractivity contribution in [1.82, 2.24) is 9.55 Å². The molecule has 0 bridgehead atoms. The van der Waals surface area contributed by atoms with Crippen LogP contribution in [0.1, 0.15) is 0 Å². The maximum absolute atomic E-state index is 11.9. The molecule has 0 fully saturated rings. The second kappa shape index (κ2) is 2.98. The molecule has 0 spiro atoms. The molecule has 0 saturated heterocycles. The highest BCUT2D eigenvalue weighted by atomic mass is 35.5. The molecule has 0 aliphatic carbocycles. The van der Waals surface area contributed by atoms with Gasteiger partial charge in [-0.15, -0.1) is 11.3 Å². The third-order valence-corrected chi connectivity index (χ3v) is 4.34. The highest BCUT2D eigenvalue weighted by Crippen LogP contribution is 2.30. The van der Waals surface area contributed by atoms with Crippen LogP contribution in [-0.2, 0) is 6.54 Å². The summed E-state index contributed by atoms with van der Waals surface area (Å²) in [5, 5.41) is 3.22. The Kier molecular flexibility index (Phi) is 1.87. The van der Waals surface area contributed by atoms with Crippen LogP contribution < -0.4 is 5.56 Å². The minimum atomic E-state index is 0.0400. The molecule has 72 valence electrons. The van der Waals surface area contributed by atoms with Gasteiger partial charge in [-0.2, -0.15) is 0 Å². The summed E-state index contributed by atoms with van der Waals surface area (Å²) >= 11 is 8.92. The zero-order valence-corrected chi connectivity index (χ0v) is 9.38. The fourth-order valence-corrected chi connectivity index (χ4v) is 3.43. The first-order valence-corrected chi connectivity index (χ1v) is 6.32. The summed E-state index contributed by atoms with van der Waals surface area (Å²) in [6.45, 7) is 0.759. The molecule has 3 heterocycles. The SMILES string of the molecule is O=c1c2csc(Cl)c2nc2n1CCS2. The van der Waals surface area contributed by atoms with Crippen molar-refractivity contribution in [1.29, 1.82) is 0 Å². The summed E-state index contributed by atoms with van der Waals surface area (Å²) < 4.78 is 2.32. The van der Waals surface area contributed by atoms with Crippen LogP contribution in [0.3, 0.4) is 0 Å². The first-order chi connectivity index (χ1) is 6.77. The predicted molar refractivity (Wildman–Crippen MR) is 59.6 cm³/mol. The molecule has 3 rings (SSSR count). The van der Waals surface area contributed by atoms with Crippen molar-refractivity contribution in [3.05, 3.63) is 20.1 Å². The topological polar surface area (TPSA) is 34.9 Å². The van der Waals surface area contributed by atoms with Gasteiger partial charge in [0.2, 0.25) is 0 Å². The molecule has 0 N–H and O–H groups in total. The molecule has 2 aromatic rings. The van der Waals surface area contributed by atoms with E-state index in [-0.39, 0.29) is 5.56 Å². The number of hydrogen-bond donors (Lipinski definition) is 0. The van der Waals surface area contributed by atoms with Crippen LogP contribution >= 0.6 is 34.7 Å². The number of thiophene rings is 1. The van der Waals surface area contributed by atoms with Gasteiger partial charge in [-0.1, -0.05) is 23.4 Å². The van der Waals surface area contributed by atoms with Gasteiger partial charge in [-0.3, -0.25) is 9.36 Å². The van der Waals surface area contributed by atoms with Crippen molar-refractivity contribution >= 4 is 45.6 Å². The maximum Gasteiger partial charge on any atom is 0.262 e. The van der Waals surface area contributed by atoms with Gasteiger partial charge in [0.05, 0.1) is 5.39 Å². The molecule has 0 aromatic carbocycles. The Labute approximate surface area is 92.7 Å². The smallest absolute Gasteiger partial charge is 0.262 e. The quantitative estimate of drug-likeness (QED) is 0.667. The van der Waals surface area contributed by atoms with Crippen molar-refractivity contribution in [3.8, 4) is 0 Å². The molecule has 6 heteroatoms. The average molecular weight is 245 g/mol. The third-order valence-electron chi connectivity index (χ3n) is 2.18.